The molecule has 9 nitrogen and oxygen atoms in total. The van der Waals surface area contributed by atoms with E-state index in [4.69, 9.17) is 13.8 Å². The zero-order valence-electron chi connectivity index (χ0n) is 19.9. The van der Waals surface area contributed by atoms with E-state index in [1.54, 1.807) is 19.2 Å². The summed E-state index contributed by atoms with van der Waals surface area (Å²) in [5.74, 6) is 2.26. The third-order valence-corrected chi connectivity index (χ3v) is 6.25. The van der Waals surface area contributed by atoms with Gasteiger partial charge in [-0.1, -0.05) is 22.4 Å². The molecule has 0 N–H and O–H groups in total. The van der Waals surface area contributed by atoms with Gasteiger partial charge in [-0.3, -0.25) is 4.79 Å². The summed E-state index contributed by atoms with van der Waals surface area (Å²) in [5.41, 5.74) is 1.40. The van der Waals surface area contributed by atoms with Crippen LogP contribution in [0.25, 0.3) is 22.8 Å². The highest BCUT2D eigenvalue weighted by molar-refractivity contribution is 5.76. The van der Waals surface area contributed by atoms with Gasteiger partial charge in [-0.25, -0.2) is 4.39 Å². The summed E-state index contributed by atoms with van der Waals surface area (Å²) in [6.45, 7) is 1.22. The number of ether oxygens (including phenoxy) is 1. The molecule has 1 unspecified atom stereocenters. The average molecular weight is 492 g/mol. The van der Waals surface area contributed by atoms with Crippen LogP contribution in [0.5, 0.6) is 5.75 Å². The number of nitrogens with zero attached hydrogens (tertiary/aromatic N) is 5. The summed E-state index contributed by atoms with van der Waals surface area (Å²) in [4.78, 5) is 23.6. The van der Waals surface area contributed by atoms with Crippen LogP contribution < -0.4 is 4.74 Å². The van der Waals surface area contributed by atoms with Crippen LogP contribution in [-0.4, -0.2) is 51.3 Å². The van der Waals surface area contributed by atoms with Gasteiger partial charge in [-0.05, 0) is 55.7 Å². The second kappa shape index (κ2) is 10.7. The Balaban J connectivity index is 1.13. The number of hydrogen-bond donors (Lipinski definition) is 0. The zero-order valence-corrected chi connectivity index (χ0v) is 19.9. The molecule has 2 aromatic carbocycles. The molecule has 1 saturated heterocycles. The van der Waals surface area contributed by atoms with Crippen LogP contribution >= 0.6 is 0 Å². The number of aromatic nitrogens is 4. The molecule has 186 valence electrons. The van der Waals surface area contributed by atoms with E-state index < -0.39 is 0 Å². The van der Waals surface area contributed by atoms with Gasteiger partial charge in [0.15, 0.2) is 0 Å². The van der Waals surface area contributed by atoms with Crippen LogP contribution in [0.3, 0.4) is 0 Å². The van der Waals surface area contributed by atoms with Crippen molar-refractivity contribution in [1.29, 1.82) is 0 Å². The fraction of sp³-hybridized carbons (Fsp3) is 0.346. The molecule has 10 heteroatoms. The van der Waals surface area contributed by atoms with Gasteiger partial charge in [0, 0.05) is 37.1 Å². The van der Waals surface area contributed by atoms with Crippen molar-refractivity contribution < 1.29 is 23.0 Å². The Morgan fingerprint density at radius 1 is 1.08 bits per heavy atom. The van der Waals surface area contributed by atoms with Crippen molar-refractivity contribution in [2.45, 2.75) is 38.0 Å². The first kappa shape index (κ1) is 23.7. The zero-order chi connectivity index (χ0) is 24.9. The first-order valence-corrected chi connectivity index (χ1v) is 11.9. The van der Waals surface area contributed by atoms with Gasteiger partial charge in [0.1, 0.15) is 11.6 Å². The maximum absolute atomic E-state index is 13.5. The first-order valence-electron chi connectivity index (χ1n) is 11.9. The Kier molecular flexibility index (Phi) is 7.01. The van der Waals surface area contributed by atoms with Crippen LogP contribution in [0.1, 0.15) is 43.4 Å². The third kappa shape index (κ3) is 5.42. The van der Waals surface area contributed by atoms with Gasteiger partial charge < -0.3 is 18.7 Å². The normalized spacial score (nSPS) is 15.7. The van der Waals surface area contributed by atoms with E-state index in [0.29, 0.717) is 61.3 Å². The van der Waals surface area contributed by atoms with Gasteiger partial charge in [0.05, 0.1) is 13.0 Å². The maximum Gasteiger partial charge on any atom is 0.231 e. The molecular formula is C26H26FN5O4. The maximum atomic E-state index is 13.5. The standard InChI is InChI=1S/C26H26FN5O4/c1-34-21-12-10-17(11-13-21)24-28-22(35-30-24)8-3-9-23(33)32-14-4-6-19(16-32)26-29-25(31-36-26)18-5-2-7-20(27)15-18/h2,5,7,10-13,15,19H,3-4,6,8-9,14,16H2,1H3. The molecule has 2 aromatic heterocycles. The van der Waals surface area contributed by atoms with Crippen molar-refractivity contribution in [2.75, 3.05) is 20.2 Å². The first-order chi connectivity index (χ1) is 17.6. The highest BCUT2D eigenvalue weighted by Crippen LogP contribution is 2.28. The summed E-state index contributed by atoms with van der Waals surface area (Å²) in [7, 11) is 1.61. The number of piperidine rings is 1. The molecule has 0 radical (unpaired) electrons. The van der Waals surface area contributed by atoms with Gasteiger partial charge in [0.25, 0.3) is 0 Å². The summed E-state index contributed by atoms with van der Waals surface area (Å²) in [6.07, 6.45) is 3.21. The van der Waals surface area contributed by atoms with E-state index >= 15 is 0 Å². The largest absolute Gasteiger partial charge is 0.497 e. The lowest BCUT2D eigenvalue weighted by atomic mass is 9.97. The Morgan fingerprint density at radius 2 is 1.89 bits per heavy atom. The summed E-state index contributed by atoms with van der Waals surface area (Å²) in [5, 5.41) is 8.04. The molecule has 0 bridgehead atoms. The van der Waals surface area contributed by atoms with Gasteiger partial charge >= 0.3 is 0 Å². The lowest BCUT2D eigenvalue weighted by Gasteiger charge is -2.31. The fourth-order valence-electron chi connectivity index (χ4n) is 4.31. The molecule has 3 heterocycles. The number of amides is 1. The van der Waals surface area contributed by atoms with Crippen molar-refractivity contribution in [1.82, 2.24) is 25.2 Å². The van der Waals surface area contributed by atoms with Crippen molar-refractivity contribution in [3.63, 3.8) is 0 Å². The molecular weight excluding hydrogens is 465 g/mol. The second-order valence-electron chi connectivity index (χ2n) is 8.74. The number of benzene rings is 2. The van der Waals surface area contributed by atoms with Crippen LogP contribution in [-0.2, 0) is 11.2 Å². The molecule has 4 aromatic rings. The number of methoxy groups -OCH3 is 1. The number of likely N-dealkylation sites (tertiary alicyclic amines) is 1. The number of carbonyl (C=O) groups excluding carboxylic acids is 1. The molecule has 0 saturated carbocycles. The minimum absolute atomic E-state index is 0.0412. The van der Waals surface area contributed by atoms with Crippen LogP contribution in [0.15, 0.2) is 57.6 Å². The average Bonchev–Trinajstić information content (AvgIpc) is 3.59. The number of carbonyl (C=O) groups is 1. The van der Waals surface area contributed by atoms with Crippen molar-refractivity contribution in [3.8, 4) is 28.5 Å². The quantitative estimate of drug-likeness (QED) is 0.350. The third-order valence-electron chi connectivity index (χ3n) is 6.25. The highest BCUT2D eigenvalue weighted by Gasteiger charge is 2.28. The van der Waals surface area contributed by atoms with E-state index in [1.807, 2.05) is 29.2 Å². The summed E-state index contributed by atoms with van der Waals surface area (Å²) in [6, 6.07) is 13.5. The van der Waals surface area contributed by atoms with Crippen molar-refractivity contribution >= 4 is 5.91 Å². The molecule has 5 rings (SSSR count). The summed E-state index contributed by atoms with van der Waals surface area (Å²) < 4.78 is 29.5. The topological polar surface area (TPSA) is 107 Å². The van der Waals surface area contributed by atoms with E-state index in [2.05, 4.69) is 20.3 Å². The number of hydrogen-bond acceptors (Lipinski definition) is 8. The lowest BCUT2D eigenvalue weighted by Crippen LogP contribution is -2.39. The smallest absolute Gasteiger partial charge is 0.231 e. The minimum Gasteiger partial charge on any atom is -0.497 e. The highest BCUT2D eigenvalue weighted by atomic mass is 19.1. The minimum atomic E-state index is -0.356. The van der Waals surface area contributed by atoms with Gasteiger partial charge in [0.2, 0.25) is 29.3 Å². The number of rotatable bonds is 8. The second-order valence-corrected chi connectivity index (χ2v) is 8.74. The van der Waals surface area contributed by atoms with Gasteiger partial charge in [-0.15, -0.1) is 0 Å². The molecule has 1 atom stereocenters. The Bertz CT molecular complexity index is 1320. The molecule has 1 aliphatic rings. The fourth-order valence-corrected chi connectivity index (χ4v) is 4.31. The SMILES string of the molecule is COc1ccc(-c2noc(CCCC(=O)N3CCCC(c4nc(-c5cccc(F)c5)no4)C3)n2)cc1. The molecule has 1 fully saturated rings. The molecule has 1 aliphatic heterocycles. The van der Waals surface area contributed by atoms with Crippen LogP contribution in [0, 0.1) is 5.82 Å². The van der Waals surface area contributed by atoms with E-state index in [-0.39, 0.29) is 17.6 Å². The Morgan fingerprint density at radius 3 is 2.69 bits per heavy atom. The predicted molar refractivity (Wildman–Crippen MR) is 127 cm³/mol. The molecule has 1 amide bonds. The lowest BCUT2D eigenvalue weighted by molar-refractivity contribution is -0.132. The number of halogens is 1. The number of aryl methyl sites for hydroxylation is 1. The van der Waals surface area contributed by atoms with Crippen molar-refractivity contribution in [3.05, 3.63) is 66.1 Å². The predicted octanol–water partition coefficient (Wildman–Crippen LogP) is 4.66. The monoisotopic (exact) mass is 491 g/mol. The molecule has 0 aliphatic carbocycles. The molecule has 36 heavy (non-hydrogen) atoms. The van der Waals surface area contributed by atoms with Crippen molar-refractivity contribution in [2.24, 2.45) is 0 Å². The van der Waals surface area contributed by atoms with Crippen LogP contribution in [0.2, 0.25) is 0 Å². The van der Waals surface area contributed by atoms with E-state index in [9.17, 15) is 9.18 Å². The molecule has 0 spiro atoms. The van der Waals surface area contributed by atoms with Crippen LogP contribution in [0.4, 0.5) is 4.39 Å². The summed E-state index contributed by atoms with van der Waals surface area (Å²) >= 11 is 0. The van der Waals surface area contributed by atoms with E-state index in [0.717, 1.165) is 24.2 Å². The Labute approximate surface area is 207 Å². The van der Waals surface area contributed by atoms with Gasteiger partial charge in [-0.2, -0.15) is 9.97 Å². The van der Waals surface area contributed by atoms with E-state index in [1.165, 1.54) is 12.1 Å². The Hall–Kier alpha value is -4.08.